The maximum Gasteiger partial charge on any atom is 0.308 e. The first-order valence-electron chi connectivity index (χ1n) is 12.6. The van der Waals surface area contributed by atoms with Gasteiger partial charge in [0.2, 0.25) is 6.29 Å². The standard InChI is InChI=1S/C27H42O4/c1-24(2)20-8-7-19-18(25(20,3)12-11-21(24)28)10-14-26(4)17(9-13-27(19,26)5)16-15-22(29)31-23(16)30-6/h7,16-18,20-21,23,28H,8-15H2,1-6H3/t16?,17-,18?,20?,21+,23+,25+,26-,27+/m0/s1. The van der Waals surface area contributed by atoms with Gasteiger partial charge in [0.05, 0.1) is 12.5 Å². The molecule has 4 aliphatic carbocycles. The van der Waals surface area contributed by atoms with Crippen molar-refractivity contribution in [3.8, 4) is 0 Å². The highest BCUT2D eigenvalue weighted by atomic mass is 16.7. The quantitative estimate of drug-likeness (QED) is 0.465. The van der Waals surface area contributed by atoms with E-state index in [0.29, 0.717) is 24.2 Å². The maximum absolute atomic E-state index is 12.1. The summed E-state index contributed by atoms with van der Waals surface area (Å²) in [6.45, 7) is 12.1. The van der Waals surface area contributed by atoms with E-state index < -0.39 is 0 Å². The molecule has 4 nitrogen and oxygen atoms in total. The number of ether oxygens (including phenoxy) is 2. The van der Waals surface area contributed by atoms with Gasteiger partial charge in [0.15, 0.2) is 0 Å². The van der Waals surface area contributed by atoms with Crippen molar-refractivity contribution in [3.05, 3.63) is 11.6 Å². The summed E-state index contributed by atoms with van der Waals surface area (Å²) in [5.41, 5.74) is 2.31. The first-order chi connectivity index (χ1) is 14.5. The fourth-order valence-corrected chi connectivity index (χ4v) is 9.54. The van der Waals surface area contributed by atoms with E-state index in [9.17, 15) is 9.90 Å². The van der Waals surface area contributed by atoms with Crippen molar-refractivity contribution in [3.63, 3.8) is 0 Å². The second kappa shape index (κ2) is 6.82. The van der Waals surface area contributed by atoms with Crippen molar-refractivity contribution < 1.29 is 19.4 Å². The lowest BCUT2D eigenvalue weighted by Crippen LogP contribution is -2.58. The molecule has 3 saturated carbocycles. The van der Waals surface area contributed by atoms with Gasteiger partial charge in [-0.25, -0.2) is 0 Å². The highest BCUT2D eigenvalue weighted by molar-refractivity contribution is 5.72. The van der Waals surface area contributed by atoms with Gasteiger partial charge in [-0.1, -0.05) is 46.3 Å². The minimum absolute atomic E-state index is 0.0257. The topological polar surface area (TPSA) is 55.8 Å². The van der Waals surface area contributed by atoms with Gasteiger partial charge >= 0.3 is 5.97 Å². The predicted octanol–water partition coefficient (Wildman–Crippen LogP) is 5.49. The predicted molar refractivity (Wildman–Crippen MR) is 120 cm³/mol. The van der Waals surface area contributed by atoms with Crippen molar-refractivity contribution in [2.24, 2.45) is 45.3 Å². The van der Waals surface area contributed by atoms with Crippen molar-refractivity contribution in [1.82, 2.24) is 0 Å². The molecule has 1 N–H and O–H groups in total. The molecule has 0 spiro atoms. The van der Waals surface area contributed by atoms with E-state index in [1.54, 1.807) is 12.7 Å². The molecule has 1 saturated heterocycles. The zero-order chi connectivity index (χ0) is 22.4. The molecule has 4 heteroatoms. The molecular formula is C27H42O4. The summed E-state index contributed by atoms with van der Waals surface area (Å²) >= 11 is 0. The van der Waals surface area contributed by atoms with Gasteiger partial charge in [-0.15, -0.1) is 0 Å². The van der Waals surface area contributed by atoms with E-state index >= 15 is 0 Å². The Morgan fingerprint density at radius 1 is 1.06 bits per heavy atom. The summed E-state index contributed by atoms with van der Waals surface area (Å²) in [6.07, 6.45) is 10.5. The van der Waals surface area contributed by atoms with Crippen LogP contribution in [0.25, 0.3) is 0 Å². The van der Waals surface area contributed by atoms with Crippen LogP contribution in [0.15, 0.2) is 11.6 Å². The maximum atomic E-state index is 12.1. The molecule has 5 rings (SSSR count). The first kappa shape index (κ1) is 21.9. The number of allylic oxidation sites excluding steroid dienone is 2. The Morgan fingerprint density at radius 2 is 1.81 bits per heavy atom. The lowest BCUT2D eigenvalue weighted by atomic mass is 9.41. The van der Waals surface area contributed by atoms with Gasteiger partial charge in [0.25, 0.3) is 0 Å². The number of cyclic esters (lactones) is 1. The Morgan fingerprint density at radius 3 is 2.52 bits per heavy atom. The van der Waals surface area contributed by atoms with Crippen LogP contribution in [0.1, 0.15) is 86.0 Å². The average molecular weight is 431 g/mol. The molecule has 5 aliphatic rings. The Labute approximate surface area is 188 Å². The van der Waals surface area contributed by atoms with Crippen LogP contribution in [0.4, 0.5) is 0 Å². The smallest absolute Gasteiger partial charge is 0.308 e. The largest absolute Gasteiger partial charge is 0.435 e. The number of hydrogen-bond acceptors (Lipinski definition) is 4. The van der Waals surface area contributed by atoms with Crippen LogP contribution in [-0.2, 0) is 14.3 Å². The molecule has 3 unspecified atom stereocenters. The van der Waals surface area contributed by atoms with Crippen LogP contribution in [0, 0.1) is 45.3 Å². The van der Waals surface area contributed by atoms with Crippen LogP contribution in [0.5, 0.6) is 0 Å². The number of hydrogen-bond donors (Lipinski definition) is 1. The minimum Gasteiger partial charge on any atom is -0.435 e. The summed E-state index contributed by atoms with van der Waals surface area (Å²) in [7, 11) is 1.67. The molecule has 0 amide bonds. The molecule has 1 heterocycles. The van der Waals surface area contributed by atoms with E-state index in [-0.39, 0.29) is 45.9 Å². The molecule has 1 aliphatic heterocycles. The van der Waals surface area contributed by atoms with E-state index in [1.165, 1.54) is 19.3 Å². The van der Waals surface area contributed by atoms with Crippen LogP contribution >= 0.6 is 0 Å². The zero-order valence-electron chi connectivity index (χ0n) is 20.4. The normalized spacial score (nSPS) is 53.3. The Bertz CT molecular complexity index is 801. The molecular weight excluding hydrogens is 388 g/mol. The fraction of sp³-hybridized carbons (Fsp3) is 0.889. The molecule has 0 aromatic carbocycles. The molecule has 0 bridgehead atoms. The number of carbonyl (C=O) groups excluding carboxylic acids is 1. The third kappa shape index (κ3) is 2.70. The van der Waals surface area contributed by atoms with Crippen LogP contribution in [0.3, 0.4) is 0 Å². The SMILES string of the molecule is CO[C@@H]1OC(=O)CC1[C@@H]1CC[C@]2(C)C3=CCC4C(C)(C)[C@H](O)CC[C@]4(C)C3CC[C@@]12C. The van der Waals surface area contributed by atoms with Crippen molar-refractivity contribution >= 4 is 5.97 Å². The molecule has 0 aromatic rings. The van der Waals surface area contributed by atoms with Crippen molar-refractivity contribution in [1.29, 1.82) is 0 Å². The zero-order valence-corrected chi connectivity index (χ0v) is 20.4. The van der Waals surface area contributed by atoms with Gasteiger partial charge in [0, 0.05) is 13.0 Å². The Balaban J connectivity index is 1.51. The van der Waals surface area contributed by atoms with Crippen LogP contribution in [0.2, 0.25) is 0 Å². The van der Waals surface area contributed by atoms with Gasteiger partial charge in [-0.2, -0.15) is 0 Å². The number of rotatable bonds is 2. The second-order valence-corrected chi connectivity index (χ2v) is 12.8. The summed E-state index contributed by atoms with van der Waals surface area (Å²) in [4.78, 5) is 12.1. The Kier molecular flexibility index (Phi) is 4.83. The van der Waals surface area contributed by atoms with E-state index in [4.69, 9.17) is 9.47 Å². The fourth-order valence-electron chi connectivity index (χ4n) is 9.54. The summed E-state index contributed by atoms with van der Waals surface area (Å²) in [5, 5.41) is 10.8. The monoisotopic (exact) mass is 430 g/mol. The van der Waals surface area contributed by atoms with Crippen molar-refractivity contribution in [2.75, 3.05) is 7.11 Å². The van der Waals surface area contributed by atoms with Crippen molar-refractivity contribution in [2.45, 2.75) is 98.4 Å². The highest BCUT2D eigenvalue weighted by Crippen LogP contribution is 2.73. The molecule has 9 atom stereocenters. The third-order valence-electron chi connectivity index (χ3n) is 11.6. The lowest BCUT2D eigenvalue weighted by molar-refractivity contribution is -0.167. The molecule has 0 aromatic heterocycles. The van der Waals surface area contributed by atoms with E-state index in [0.717, 1.165) is 25.7 Å². The molecule has 174 valence electrons. The first-order valence-corrected chi connectivity index (χ1v) is 12.6. The van der Waals surface area contributed by atoms with Crippen LogP contribution < -0.4 is 0 Å². The average Bonchev–Trinajstić information content (AvgIpc) is 3.21. The third-order valence-corrected chi connectivity index (χ3v) is 11.6. The van der Waals surface area contributed by atoms with Gasteiger partial charge in [-0.05, 0) is 84.4 Å². The number of aliphatic hydroxyl groups excluding tert-OH is 1. The number of esters is 1. The minimum atomic E-state index is -0.378. The Hall–Kier alpha value is -0.870. The van der Waals surface area contributed by atoms with Gasteiger partial charge in [-0.3, -0.25) is 4.79 Å². The second-order valence-electron chi connectivity index (χ2n) is 12.8. The summed E-state index contributed by atoms with van der Waals surface area (Å²) in [5.74, 6) is 1.71. The highest BCUT2D eigenvalue weighted by Gasteiger charge is 2.66. The summed E-state index contributed by atoms with van der Waals surface area (Å²) in [6, 6.07) is 0. The number of methoxy groups -OCH3 is 1. The van der Waals surface area contributed by atoms with Gasteiger partial charge in [0.1, 0.15) is 0 Å². The molecule has 4 fully saturated rings. The van der Waals surface area contributed by atoms with E-state index in [1.807, 2.05) is 0 Å². The summed E-state index contributed by atoms with van der Waals surface area (Å²) < 4.78 is 11.1. The lowest BCUT2D eigenvalue weighted by Gasteiger charge is -2.64. The number of aliphatic hydroxyl groups is 1. The number of fused-ring (bicyclic) bond motifs is 5. The van der Waals surface area contributed by atoms with Gasteiger partial charge < -0.3 is 14.6 Å². The van der Waals surface area contributed by atoms with Crippen LogP contribution in [-0.4, -0.2) is 30.6 Å². The number of carbonyl (C=O) groups is 1. The molecule has 0 radical (unpaired) electrons. The van der Waals surface area contributed by atoms with E-state index in [2.05, 4.69) is 40.7 Å². The molecule has 31 heavy (non-hydrogen) atoms.